The van der Waals surface area contributed by atoms with Gasteiger partial charge in [-0.3, -0.25) is 0 Å². The molecule has 3 aromatic rings. The van der Waals surface area contributed by atoms with Gasteiger partial charge in [0.25, 0.3) is 0 Å². The lowest BCUT2D eigenvalue weighted by Gasteiger charge is -2.12. The smallest absolute Gasteiger partial charge is 0.230 e. The number of benzene rings is 2. The van der Waals surface area contributed by atoms with Gasteiger partial charge in [0.2, 0.25) is 11.8 Å². The van der Waals surface area contributed by atoms with Crippen LogP contribution in [0.1, 0.15) is 24.5 Å². The van der Waals surface area contributed by atoms with Crippen LogP contribution in [0.4, 0.5) is 11.6 Å². The minimum atomic E-state index is 0.471. The molecule has 1 aliphatic rings. The number of ether oxygens (including phenoxy) is 2. The highest BCUT2D eigenvalue weighted by Crippen LogP contribution is 2.30. The molecule has 6 heteroatoms. The van der Waals surface area contributed by atoms with Crippen molar-refractivity contribution < 1.29 is 9.47 Å². The minimum absolute atomic E-state index is 0.471. The zero-order chi connectivity index (χ0) is 21.6. The van der Waals surface area contributed by atoms with Crippen LogP contribution in [0.5, 0.6) is 17.4 Å². The SMILES string of the molecule is CC1=Cc2cc(Oc3ccnc(Nc4cccc(OCCCN(C)C)c4)n3)ccc2C1. The van der Waals surface area contributed by atoms with Crippen LogP contribution in [0.25, 0.3) is 6.08 Å². The number of rotatable bonds is 9. The van der Waals surface area contributed by atoms with Crippen molar-refractivity contribution in [3.8, 4) is 17.4 Å². The number of allylic oxidation sites excluding steroid dienone is 1. The average molecular weight is 417 g/mol. The molecule has 0 unspecified atom stereocenters. The summed E-state index contributed by atoms with van der Waals surface area (Å²) in [6.07, 6.45) is 5.87. The first-order valence-electron chi connectivity index (χ1n) is 10.5. The zero-order valence-corrected chi connectivity index (χ0v) is 18.3. The standard InChI is InChI=1S/C25H28N4O2/c1-18-14-19-8-9-23(16-20(19)15-18)31-24-10-11-26-25(28-24)27-21-6-4-7-22(17-21)30-13-5-12-29(2)3/h4,6-11,15-17H,5,12-14H2,1-3H3,(H,26,27,28). The molecule has 6 nitrogen and oxygen atoms in total. The van der Waals surface area contributed by atoms with Gasteiger partial charge in [-0.25, -0.2) is 4.98 Å². The first-order chi connectivity index (χ1) is 15.0. The number of aromatic nitrogens is 2. The second-order valence-electron chi connectivity index (χ2n) is 8.01. The van der Waals surface area contributed by atoms with E-state index in [2.05, 4.69) is 59.4 Å². The molecule has 0 spiro atoms. The fourth-order valence-corrected chi connectivity index (χ4v) is 3.49. The summed E-state index contributed by atoms with van der Waals surface area (Å²) in [5.41, 5.74) is 4.77. The number of fused-ring (bicyclic) bond motifs is 1. The lowest BCUT2D eigenvalue weighted by Crippen LogP contribution is -2.15. The Bertz CT molecular complexity index is 1080. The molecule has 1 N–H and O–H groups in total. The molecule has 160 valence electrons. The molecule has 1 aliphatic carbocycles. The van der Waals surface area contributed by atoms with E-state index in [1.807, 2.05) is 30.3 Å². The molecule has 0 saturated heterocycles. The van der Waals surface area contributed by atoms with E-state index in [0.29, 0.717) is 18.4 Å². The highest BCUT2D eigenvalue weighted by atomic mass is 16.5. The Balaban J connectivity index is 1.39. The monoisotopic (exact) mass is 416 g/mol. The van der Waals surface area contributed by atoms with Crippen molar-refractivity contribution in [3.63, 3.8) is 0 Å². The quantitative estimate of drug-likeness (QED) is 0.478. The Morgan fingerprint density at radius 3 is 2.84 bits per heavy atom. The van der Waals surface area contributed by atoms with E-state index in [1.54, 1.807) is 12.3 Å². The largest absolute Gasteiger partial charge is 0.493 e. The number of nitrogens with zero attached hydrogens (tertiary/aromatic N) is 3. The summed E-state index contributed by atoms with van der Waals surface area (Å²) in [6.45, 7) is 3.82. The van der Waals surface area contributed by atoms with Gasteiger partial charge in [0.1, 0.15) is 11.5 Å². The predicted molar refractivity (Wildman–Crippen MR) is 124 cm³/mol. The summed E-state index contributed by atoms with van der Waals surface area (Å²) in [6, 6.07) is 15.7. The topological polar surface area (TPSA) is 59.5 Å². The van der Waals surface area contributed by atoms with E-state index in [4.69, 9.17) is 9.47 Å². The molecule has 0 fully saturated rings. The van der Waals surface area contributed by atoms with Crippen LogP contribution < -0.4 is 14.8 Å². The van der Waals surface area contributed by atoms with Gasteiger partial charge in [0.05, 0.1) is 6.61 Å². The lowest BCUT2D eigenvalue weighted by molar-refractivity contribution is 0.281. The normalized spacial score (nSPS) is 12.5. The summed E-state index contributed by atoms with van der Waals surface area (Å²) >= 11 is 0. The zero-order valence-electron chi connectivity index (χ0n) is 18.3. The van der Waals surface area contributed by atoms with Crippen molar-refractivity contribution in [1.29, 1.82) is 0 Å². The summed E-state index contributed by atoms with van der Waals surface area (Å²) in [5.74, 6) is 2.55. The van der Waals surface area contributed by atoms with Crippen molar-refractivity contribution in [2.75, 3.05) is 32.6 Å². The van der Waals surface area contributed by atoms with E-state index in [0.717, 1.165) is 36.6 Å². The van der Waals surface area contributed by atoms with Crippen LogP contribution in [0.15, 0.2) is 60.3 Å². The molecule has 2 aromatic carbocycles. The Morgan fingerprint density at radius 1 is 1.06 bits per heavy atom. The summed E-state index contributed by atoms with van der Waals surface area (Å²) in [4.78, 5) is 10.9. The van der Waals surface area contributed by atoms with Crippen molar-refractivity contribution in [2.24, 2.45) is 0 Å². The Labute approximate surface area is 183 Å². The Morgan fingerprint density at radius 2 is 1.97 bits per heavy atom. The fraction of sp³-hybridized carbons (Fsp3) is 0.280. The molecule has 1 aromatic heterocycles. The van der Waals surface area contributed by atoms with Crippen LogP contribution >= 0.6 is 0 Å². The average Bonchev–Trinajstić information content (AvgIpc) is 3.11. The van der Waals surface area contributed by atoms with Gasteiger partial charge in [-0.1, -0.05) is 23.8 Å². The van der Waals surface area contributed by atoms with Gasteiger partial charge in [-0.2, -0.15) is 4.98 Å². The first kappa shape index (κ1) is 20.9. The van der Waals surface area contributed by atoms with Crippen molar-refractivity contribution in [1.82, 2.24) is 14.9 Å². The molecule has 0 amide bonds. The van der Waals surface area contributed by atoms with E-state index in [1.165, 1.54) is 16.7 Å². The van der Waals surface area contributed by atoms with E-state index in [-0.39, 0.29) is 0 Å². The highest BCUT2D eigenvalue weighted by molar-refractivity contribution is 5.65. The first-order valence-corrected chi connectivity index (χ1v) is 10.5. The van der Waals surface area contributed by atoms with Crippen LogP contribution in [-0.4, -0.2) is 42.1 Å². The molecule has 1 heterocycles. The summed E-state index contributed by atoms with van der Waals surface area (Å²) in [5, 5.41) is 3.23. The maximum Gasteiger partial charge on any atom is 0.230 e. The number of nitrogens with one attached hydrogen (secondary N) is 1. The highest BCUT2D eigenvalue weighted by Gasteiger charge is 2.11. The number of hydrogen-bond donors (Lipinski definition) is 1. The molecule has 0 bridgehead atoms. The lowest BCUT2D eigenvalue weighted by atomic mass is 10.1. The van der Waals surface area contributed by atoms with Crippen molar-refractivity contribution in [2.45, 2.75) is 19.8 Å². The van der Waals surface area contributed by atoms with Crippen LogP contribution in [0.3, 0.4) is 0 Å². The fourth-order valence-electron chi connectivity index (χ4n) is 3.49. The van der Waals surface area contributed by atoms with Gasteiger partial charge in [0.15, 0.2) is 0 Å². The maximum atomic E-state index is 5.98. The molecule has 4 rings (SSSR count). The summed E-state index contributed by atoms with van der Waals surface area (Å²) in [7, 11) is 4.12. The van der Waals surface area contributed by atoms with Gasteiger partial charge in [-0.15, -0.1) is 0 Å². The molecule has 0 aliphatic heterocycles. The van der Waals surface area contributed by atoms with Gasteiger partial charge < -0.3 is 19.7 Å². The van der Waals surface area contributed by atoms with Crippen LogP contribution in [-0.2, 0) is 6.42 Å². The van der Waals surface area contributed by atoms with Gasteiger partial charge in [0, 0.05) is 30.6 Å². The third-order valence-corrected chi connectivity index (χ3v) is 4.95. The third-order valence-electron chi connectivity index (χ3n) is 4.95. The van der Waals surface area contributed by atoms with Gasteiger partial charge in [-0.05, 0) is 69.3 Å². The van der Waals surface area contributed by atoms with E-state index >= 15 is 0 Å². The minimum Gasteiger partial charge on any atom is -0.493 e. The van der Waals surface area contributed by atoms with Crippen molar-refractivity contribution in [3.05, 3.63) is 71.4 Å². The maximum absolute atomic E-state index is 5.98. The second kappa shape index (κ2) is 9.62. The molecular formula is C25H28N4O2. The predicted octanol–water partition coefficient (Wildman–Crippen LogP) is 5.30. The third kappa shape index (κ3) is 5.83. The Kier molecular flexibility index (Phi) is 6.48. The Hall–Kier alpha value is -3.38. The van der Waals surface area contributed by atoms with Crippen LogP contribution in [0.2, 0.25) is 0 Å². The van der Waals surface area contributed by atoms with Gasteiger partial charge >= 0.3 is 0 Å². The summed E-state index contributed by atoms with van der Waals surface area (Å²) < 4.78 is 11.8. The molecule has 31 heavy (non-hydrogen) atoms. The van der Waals surface area contributed by atoms with Crippen LogP contribution in [0, 0.1) is 0 Å². The molecule has 0 radical (unpaired) electrons. The second-order valence-corrected chi connectivity index (χ2v) is 8.01. The molecule has 0 saturated carbocycles. The molecule has 0 atom stereocenters. The number of hydrogen-bond acceptors (Lipinski definition) is 6. The van der Waals surface area contributed by atoms with Crippen molar-refractivity contribution >= 4 is 17.7 Å². The molecular weight excluding hydrogens is 388 g/mol. The number of anilines is 2. The van der Waals surface area contributed by atoms with E-state index < -0.39 is 0 Å². The van der Waals surface area contributed by atoms with E-state index in [9.17, 15) is 0 Å².